The molecule has 3 fully saturated rings. The largest absolute Gasteiger partial charge is 0.440 e. The lowest BCUT2D eigenvalue weighted by Gasteiger charge is -2.51. The van der Waals surface area contributed by atoms with Crippen LogP contribution in [0, 0.1) is 23.4 Å². The highest BCUT2D eigenvalue weighted by molar-refractivity contribution is 5.91. The Labute approximate surface area is 219 Å². The molecule has 2 amide bonds. The average molecular weight is 525 g/mol. The molecule has 6 nitrogen and oxygen atoms in total. The summed E-state index contributed by atoms with van der Waals surface area (Å²) in [5.74, 6) is -1.64. The number of nitrogens with one attached hydrogen (secondary N) is 1. The lowest BCUT2D eigenvalue weighted by Crippen LogP contribution is -2.66. The van der Waals surface area contributed by atoms with E-state index in [0.717, 1.165) is 25.9 Å². The maximum atomic E-state index is 14.7. The second kappa shape index (κ2) is 10.9. The zero-order valence-corrected chi connectivity index (χ0v) is 20.8. The minimum atomic E-state index is -0.702. The molecule has 3 aromatic carbocycles. The van der Waals surface area contributed by atoms with Crippen molar-refractivity contribution in [3.05, 3.63) is 95.8 Å². The molecule has 0 spiro atoms. The minimum Gasteiger partial charge on any atom is -0.440 e. The number of hydrogen-bond acceptors (Lipinski definition) is 3. The predicted octanol–water partition coefficient (Wildman–Crippen LogP) is 5.49. The first-order valence-electron chi connectivity index (χ1n) is 12.7. The summed E-state index contributed by atoms with van der Waals surface area (Å²) < 4.78 is 48.6. The van der Waals surface area contributed by atoms with Gasteiger partial charge in [0.15, 0.2) is 12.6 Å². The number of quaternary nitrogens is 1. The number of hydrogen-bond donors (Lipinski definition) is 1. The van der Waals surface area contributed by atoms with Gasteiger partial charge in [-0.2, -0.15) is 0 Å². The molecule has 6 rings (SSSR count). The fourth-order valence-corrected chi connectivity index (χ4v) is 5.52. The van der Waals surface area contributed by atoms with E-state index in [0.29, 0.717) is 16.6 Å². The molecule has 3 aliphatic rings. The maximum Gasteiger partial charge on any atom is 0.415 e. The van der Waals surface area contributed by atoms with Gasteiger partial charge in [-0.15, -0.1) is 0 Å². The van der Waals surface area contributed by atoms with E-state index in [1.165, 1.54) is 47.4 Å². The Bertz CT molecular complexity index is 1310. The number of para-hydroxylation sites is 2. The Morgan fingerprint density at radius 2 is 1.55 bits per heavy atom. The third kappa shape index (κ3) is 5.67. The van der Waals surface area contributed by atoms with Gasteiger partial charge in [0.05, 0.1) is 31.0 Å². The first kappa shape index (κ1) is 25.8. The van der Waals surface area contributed by atoms with Crippen molar-refractivity contribution in [2.45, 2.75) is 25.5 Å². The second-order valence-electron chi connectivity index (χ2n) is 10.1. The molecule has 0 radical (unpaired) electrons. The van der Waals surface area contributed by atoms with Crippen molar-refractivity contribution in [1.29, 1.82) is 0 Å². The summed E-state index contributed by atoms with van der Waals surface area (Å²) in [6.07, 6.45) is 0.409. The molecule has 198 valence electrons. The summed E-state index contributed by atoms with van der Waals surface area (Å²) in [5.41, 5.74) is 0.817. The number of halogens is 3. The number of carbonyl (C=O) groups is 2. The lowest BCUT2D eigenvalue weighted by atomic mass is 9.83. The molecule has 0 saturated carbocycles. The van der Waals surface area contributed by atoms with Crippen LogP contribution in [0.3, 0.4) is 0 Å². The van der Waals surface area contributed by atoms with E-state index >= 15 is 0 Å². The topological polar surface area (TPSA) is 58.6 Å². The van der Waals surface area contributed by atoms with E-state index in [-0.39, 0.29) is 36.3 Å². The number of anilines is 2. The van der Waals surface area contributed by atoms with Crippen LogP contribution in [0.15, 0.2) is 72.8 Å². The number of fused-ring (bicyclic) bond motifs is 3. The summed E-state index contributed by atoms with van der Waals surface area (Å²) in [5, 5.41) is 2.65. The zero-order valence-electron chi connectivity index (χ0n) is 20.8. The van der Waals surface area contributed by atoms with Crippen LogP contribution in [0.2, 0.25) is 0 Å². The predicted molar refractivity (Wildman–Crippen MR) is 137 cm³/mol. The molecular formula is C29H29F3N3O3+. The quantitative estimate of drug-likeness (QED) is 0.416. The monoisotopic (exact) mass is 524 g/mol. The van der Waals surface area contributed by atoms with Crippen molar-refractivity contribution in [3.8, 4) is 0 Å². The van der Waals surface area contributed by atoms with Crippen LogP contribution >= 0.6 is 0 Å². The molecule has 0 aromatic heterocycles. The van der Waals surface area contributed by atoms with Crippen LogP contribution in [-0.2, 0) is 16.1 Å². The second-order valence-corrected chi connectivity index (χ2v) is 10.1. The number of piperidine rings is 3. The highest BCUT2D eigenvalue weighted by Gasteiger charge is 2.49. The molecule has 3 heterocycles. The van der Waals surface area contributed by atoms with Crippen LogP contribution in [0.25, 0.3) is 0 Å². The van der Waals surface area contributed by atoms with Gasteiger partial charge in [0.1, 0.15) is 24.0 Å². The van der Waals surface area contributed by atoms with Crippen LogP contribution in [-0.4, -0.2) is 48.8 Å². The van der Waals surface area contributed by atoms with Gasteiger partial charge in [-0.05, 0) is 42.0 Å². The minimum absolute atomic E-state index is 0.00246. The molecule has 3 saturated heterocycles. The molecule has 1 atom stereocenters. The first-order valence-corrected chi connectivity index (χ1v) is 12.7. The highest BCUT2D eigenvalue weighted by Crippen LogP contribution is 2.36. The van der Waals surface area contributed by atoms with Gasteiger partial charge in [0.25, 0.3) is 5.91 Å². The molecule has 3 aromatic rings. The van der Waals surface area contributed by atoms with Crippen LogP contribution in [0.1, 0.15) is 18.4 Å². The number of amides is 2. The van der Waals surface area contributed by atoms with E-state index in [1.54, 1.807) is 30.3 Å². The van der Waals surface area contributed by atoms with Crippen LogP contribution in [0.5, 0.6) is 0 Å². The number of rotatable bonds is 7. The van der Waals surface area contributed by atoms with Gasteiger partial charge >= 0.3 is 6.09 Å². The summed E-state index contributed by atoms with van der Waals surface area (Å²) >= 11 is 0. The molecule has 38 heavy (non-hydrogen) atoms. The molecular weight excluding hydrogens is 495 g/mol. The van der Waals surface area contributed by atoms with Gasteiger partial charge in [0.2, 0.25) is 0 Å². The Kier molecular flexibility index (Phi) is 7.37. The summed E-state index contributed by atoms with van der Waals surface area (Å²) in [6, 6.07) is 17.6. The average Bonchev–Trinajstić information content (AvgIpc) is 2.90. The smallest absolute Gasteiger partial charge is 0.415 e. The van der Waals surface area contributed by atoms with E-state index in [4.69, 9.17) is 4.74 Å². The molecule has 2 bridgehead atoms. The molecule has 0 aliphatic carbocycles. The zero-order chi connectivity index (χ0) is 26.7. The lowest BCUT2D eigenvalue weighted by molar-refractivity contribution is -0.938. The fourth-order valence-electron chi connectivity index (χ4n) is 5.52. The number of benzene rings is 3. The number of carbonyl (C=O) groups excluding carboxylic acids is 2. The van der Waals surface area contributed by atoms with Crippen molar-refractivity contribution in [1.82, 2.24) is 0 Å². The van der Waals surface area contributed by atoms with Crippen LogP contribution in [0.4, 0.5) is 29.3 Å². The van der Waals surface area contributed by atoms with Crippen molar-refractivity contribution >= 4 is 23.4 Å². The fraction of sp³-hybridized carbons (Fsp3) is 0.310. The third-order valence-corrected chi connectivity index (χ3v) is 7.54. The standard InChI is InChI=1S/C29H28F3N3O3/c30-22-11-9-20(10-12-22)17-34(26-8-4-2-6-24(26)32)29(37)38-27-18-35(15-13-21(27)14-16-35)19-28(36)33-25-7-3-1-5-23(25)31/h1-12,21,27H,13-19H2/p+1. The maximum absolute atomic E-state index is 14.7. The van der Waals surface area contributed by atoms with Gasteiger partial charge in [-0.1, -0.05) is 36.4 Å². The molecule has 1 unspecified atom stereocenters. The van der Waals surface area contributed by atoms with Gasteiger partial charge in [-0.3, -0.25) is 9.69 Å². The third-order valence-electron chi connectivity index (χ3n) is 7.54. The number of nitrogens with zero attached hydrogens (tertiary/aromatic N) is 2. The molecule has 3 aliphatic heterocycles. The van der Waals surface area contributed by atoms with Crippen molar-refractivity contribution in [3.63, 3.8) is 0 Å². The van der Waals surface area contributed by atoms with Gasteiger partial charge in [-0.25, -0.2) is 18.0 Å². The SMILES string of the molecule is O=C(C[N+]12CCC(CC1)C(OC(=O)N(Cc1ccc(F)cc1)c1ccccc1F)C2)Nc1ccccc1F. The van der Waals surface area contributed by atoms with Gasteiger partial charge in [0, 0.05) is 18.8 Å². The van der Waals surface area contributed by atoms with E-state index < -0.39 is 29.6 Å². The Hall–Kier alpha value is -3.85. The van der Waals surface area contributed by atoms with Crippen LogP contribution < -0.4 is 10.2 Å². The highest BCUT2D eigenvalue weighted by atomic mass is 19.1. The Balaban J connectivity index is 1.30. The van der Waals surface area contributed by atoms with Gasteiger partial charge < -0.3 is 14.5 Å². The van der Waals surface area contributed by atoms with E-state index in [2.05, 4.69) is 5.32 Å². The summed E-state index contributed by atoms with van der Waals surface area (Å²) in [6.45, 7) is 2.11. The van der Waals surface area contributed by atoms with Crippen molar-refractivity contribution < 1.29 is 32.0 Å². The normalized spacial score (nSPS) is 22.1. The van der Waals surface area contributed by atoms with E-state index in [9.17, 15) is 22.8 Å². The Morgan fingerprint density at radius 1 is 0.895 bits per heavy atom. The summed E-state index contributed by atoms with van der Waals surface area (Å²) in [7, 11) is 0. The summed E-state index contributed by atoms with van der Waals surface area (Å²) in [4.78, 5) is 27.5. The number of ether oxygens (including phenoxy) is 1. The molecule has 9 heteroatoms. The van der Waals surface area contributed by atoms with Crippen molar-refractivity contribution in [2.75, 3.05) is 36.4 Å². The first-order chi connectivity index (χ1) is 18.3. The molecule has 1 N–H and O–H groups in total. The van der Waals surface area contributed by atoms with E-state index in [1.807, 2.05) is 0 Å². The Morgan fingerprint density at radius 3 is 2.24 bits per heavy atom. The van der Waals surface area contributed by atoms with Crippen molar-refractivity contribution in [2.24, 2.45) is 5.92 Å².